The zero-order valence-electron chi connectivity index (χ0n) is 17.4. The first-order valence-corrected chi connectivity index (χ1v) is 10.4. The van der Waals surface area contributed by atoms with Crippen molar-refractivity contribution in [3.63, 3.8) is 0 Å². The third-order valence-electron chi connectivity index (χ3n) is 5.71. The molecule has 1 aromatic carbocycles. The number of cyclic esters (lactones) is 1. The van der Waals surface area contributed by atoms with Crippen LogP contribution in [0.2, 0.25) is 0 Å². The summed E-state index contributed by atoms with van der Waals surface area (Å²) in [6, 6.07) is 7.90. The molecule has 9 nitrogen and oxygen atoms in total. The van der Waals surface area contributed by atoms with Crippen LogP contribution in [-0.4, -0.2) is 46.5 Å². The topological polar surface area (TPSA) is 113 Å². The van der Waals surface area contributed by atoms with Crippen LogP contribution in [-0.2, 0) is 22.4 Å². The average molecular weight is 421 g/mol. The van der Waals surface area contributed by atoms with Gasteiger partial charge < -0.3 is 14.6 Å². The van der Waals surface area contributed by atoms with Gasteiger partial charge in [-0.15, -0.1) is 0 Å². The number of nitrogens with zero attached hydrogens (tertiary/aromatic N) is 3. The lowest BCUT2D eigenvalue weighted by molar-refractivity contribution is -0.119. The van der Waals surface area contributed by atoms with Gasteiger partial charge in [0.05, 0.1) is 13.1 Å². The first kappa shape index (κ1) is 19.3. The Kier molecular flexibility index (Phi) is 4.72. The lowest BCUT2D eigenvalue weighted by atomic mass is 9.96. The first-order chi connectivity index (χ1) is 15.0. The van der Waals surface area contributed by atoms with Gasteiger partial charge in [0.2, 0.25) is 5.91 Å². The summed E-state index contributed by atoms with van der Waals surface area (Å²) in [5, 5.41) is 14.5. The molecular formula is C22H23N5O4. The molecule has 9 heteroatoms. The van der Waals surface area contributed by atoms with E-state index in [1.165, 1.54) is 6.92 Å². The fourth-order valence-electron chi connectivity index (χ4n) is 4.26. The van der Waals surface area contributed by atoms with E-state index in [2.05, 4.69) is 26.7 Å². The monoisotopic (exact) mass is 421 g/mol. The molecule has 1 saturated heterocycles. The van der Waals surface area contributed by atoms with Gasteiger partial charge in [-0.25, -0.2) is 4.79 Å². The molecule has 1 atom stereocenters. The van der Waals surface area contributed by atoms with Crippen molar-refractivity contribution >= 4 is 17.7 Å². The Labute approximate surface area is 178 Å². The van der Waals surface area contributed by atoms with Gasteiger partial charge in [0, 0.05) is 29.9 Å². The lowest BCUT2D eigenvalue weighted by Crippen LogP contribution is -2.33. The molecule has 2 amide bonds. The maximum atomic E-state index is 12.4. The highest BCUT2D eigenvalue weighted by atomic mass is 16.6. The Morgan fingerprint density at radius 2 is 2.19 bits per heavy atom. The Morgan fingerprint density at radius 1 is 1.32 bits per heavy atom. The van der Waals surface area contributed by atoms with E-state index in [-0.39, 0.29) is 12.0 Å². The maximum absolute atomic E-state index is 12.4. The Bertz CT molecular complexity index is 1160. The van der Waals surface area contributed by atoms with Crippen LogP contribution in [0.4, 0.5) is 10.5 Å². The summed E-state index contributed by atoms with van der Waals surface area (Å²) >= 11 is 0. The molecule has 0 spiro atoms. The second kappa shape index (κ2) is 7.57. The molecule has 2 N–H and O–H groups in total. The van der Waals surface area contributed by atoms with Gasteiger partial charge in [-0.05, 0) is 49.4 Å². The van der Waals surface area contributed by atoms with Crippen LogP contribution in [0.15, 0.2) is 28.8 Å². The maximum Gasteiger partial charge on any atom is 0.414 e. The van der Waals surface area contributed by atoms with Crippen LogP contribution in [0.3, 0.4) is 0 Å². The van der Waals surface area contributed by atoms with Crippen LogP contribution < -0.4 is 10.2 Å². The van der Waals surface area contributed by atoms with E-state index in [4.69, 9.17) is 9.26 Å². The molecule has 160 valence electrons. The fraction of sp³-hybridized carbons (Fsp3) is 0.364. The minimum atomic E-state index is -0.397. The second-order valence-corrected chi connectivity index (χ2v) is 8.00. The Balaban J connectivity index is 1.47. The van der Waals surface area contributed by atoms with Crippen molar-refractivity contribution < 1.29 is 18.8 Å². The van der Waals surface area contributed by atoms with E-state index in [0.29, 0.717) is 18.8 Å². The van der Waals surface area contributed by atoms with Gasteiger partial charge in [-0.3, -0.25) is 14.8 Å². The lowest BCUT2D eigenvalue weighted by Gasteiger charge is -2.16. The molecule has 3 heterocycles. The minimum Gasteiger partial charge on any atom is -0.442 e. The number of fused-ring (bicyclic) bond motifs is 3. The van der Waals surface area contributed by atoms with Crippen molar-refractivity contribution in [2.75, 3.05) is 18.0 Å². The number of hydrogen-bond donors (Lipinski definition) is 2. The molecular weight excluding hydrogens is 398 g/mol. The van der Waals surface area contributed by atoms with E-state index in [1.54, 1.807) is 4.90 Å². The van der Waals surface area contributed by atoms with Crippen molar-refractivity contribution in [2.24, 2.45) is 0 Å². The molecule has 1 fully saturated rings. The summed E-state index contributed by atoms with van der Waals surface area (Å²) in [6.45, 7) is 4.01. The number of aromatic amines is 1. The van der Waals surface area contributed by atoms with Gasteiger partial charge in [0.1, 0.15) is 23.3 Å². The predicted molar refractivity (Wildman–Crippen MR) is 113 cm³/mol. The molecule has 1 unspecified atom stereocenters. The Hall–Kier alpha value is -3.62. The van der Waals surface area contributed by atoms with E-state index < -0.39 is 6.09 Å². The summed E-state index contributed by atoms with van der Waals surface area (Å²) < 4.78 is 10.7. The molecule has 0 saturated carbocycles. The van der Waals surface area contributed by atoms with Crippen LogP contribution in [0.25, 0.3) is 22.5 Å². The average Bonchev–Trinajstić information content (AvgIpc) is 3.42. The number of carbonyl (C=O) groups excluding carboxylic acids is 2. The molecule has 1 aliphatic heterocycles. The summed E-state index contributed by atoms with van der Waals surface area (Å²) in [6.07, 6.45) is 1.98. The summed E-state index contributed by atoms with van der Waals surface area (Å²) in [5.41, 5.74) is 6.63. The molecule has 1 aliphatic carbocycles. The smallest absolute Gasteiger partial charge is 0.414 e. The first-order valence-electron chi connectivity index (χ1n) is 10.4. The van der Waals surface area contributed by atoms with Crippen molar-refractivity contribution in [3.05, 3.63) is 41.3 Å². The number of hydrogen-bond acceptors (Lipinski definition) is 6. The fourth-order valence-corrected chi connectivity index (χ4v) is 4.26. The van der Waals surface area contributed by atoms with E-state index in [9.17, 15) is 9.59 Å². The van der Waals surface area contributed by atoms with Gasteiger partial charge in [-0.2, -0.15) is 5.10 Å². The van der Waals surface area contributed by atoms with E-state index in [0.717, 1.165) is 58.8 Å². The van der Waals surface area contributed by atoms with Crippen molar-refractivity contribution in [1.29, 1.82) is 0 Å². The number of nitrogens with one attached hydrogen (secondary N) is 2. The standard InChI is InChI=1S/C22H23N5O4/c1-12-8-19(26-31-12)21-20-17-7-6-15(9-14(17)4-3-5-18(20)24-25-21)27-11-16(30-22(27)29)10-23-13(2)28/h6-9,16H,3-5,10-11H2,1-2H3,(H,23,28)(H,24,25). The van der Waals surface area contributed by atoms with Gasteiger partial charge in [-0.1, -0.05) is 11.2 Å². The number of benzene rings is 1. The van der Waals surface area contributed by atoms with Crippen LogP contribution in [0.5, 0.6) is 0 Å². The largest absolute Gasteiger partial charge is 0.442 e. The second-order valence-electron chi connectivity index (χ2n) is 8.00. The number of aryl methyl sites for hydroxylation is 3. The third-order valence-corrected chi connectivity index (χ3v) is 5.71. The molecule has 0 bridgehead atoms. The van der Waals surface area contributed by atoms with Crippen LogP contribution in [0.1, 0.15) is 30.4 Å². The van der Waals surface area contributed by atoms with Gasteiger partial charge in [0.15, 0.2) is 0 Å². The minimum absolute atomic E-state index is 0.145. The zero-order chi connectivity index (χ0) is 21.5. The quantitative estimate of drug-likeness (QED) is 0.670. The van der Waals surface area contributed by atoms with Gasteiger partial charge >= 0.3 is 6.09 Å². The van der Waals surface area contributed by atoms with Crippen molar-refractivity contribution in [3.8, 4) is 22.5 Å². The SMILES string of the molecule is CC(=O)NCC1CN(c2ccc3c(c2)CCCc2[nH]nc(-c4cc(C)on4)c2-3)C(=O)O1. The highest BCUT2D eigenvalue weighted by molar-refractivity contribution is 5.91. The van der Waals surface area contributed by atoms with Crippen LogP contribution >= 0.6 is 0 Å². The number of amides is 2. The summed E-state index contributed by atoms with van der Waals surface area (Å²) in [5.74, 6) is 0.589. The number of carbonyl (C=O) groups is 2. The third kappa shape index (κ3) is 3.56. The normalized spacial score (nSPS) is 17.7. The molecule has 0 radical (unpaired) electrons. The molecule has 2 aromatic heterocycles. The zero-order valence-corrected chi connectivity index (χ0v) is 17.4. The number of rotatable bonds is 4. The van der Waals surface area contributed by atoms with E-state index >= 15 is 0 Å². The summed E-state index contributed by atoms with van der Waals surface area (Å²) in [7, 11) is 0. The van der Waals surface area contributed by atoms with Crippen LogP contribution in [0, 0.1) is 6.92 Å². The number of ether oxygens (including phenoxy) is 1. The number of H-pyrrole nitrogens is 1. The highest BCUT2D eigenvalue weighted by Gasteiger charge is 2.33. The number of anilines is 1. The van der Waals surface area contributed by atoms with Gasteiger partial charge in [0.25, 0.3) is 0 Å². The Morgan fingerprint density at radius 3 is 2.97 bits per heavy atom. The van der Waals surface area contributed by atoms with Crippen molar-refractivity contribution in [2.45, 2.75) is 39.2 Å². The number of aromatic nitrogens is 3. The molecule has 3 aromatic rings. The van der Waals surface area contributed by atoms with Crippen molar-refractivity contribution in [1.82, 2.24) is 20.7 Å². The molecule has 31 heavy (non-hydrogen) atoms. The molecule has 5 rings (SSSR count). The summed E-state index contributed by atoms with van der Waals surface area (Å²) in [4.78, 5) is 25.2. The molecule has 2 aliphatic rings. The van der Waals surface area contributed by atoms with E-state index in [1.807, 2.05) is 25.1 Å². The predicted octanol–water partition coefficient (Wildman–Crippen LogP) is 2.99. The highest BCUT2D eigenvalue weighted by Crippen LogP contribution is 2.40.